The molecule has 2 N–H and O–H groups in total. The molecular formula is C32H35F4N5O3. The Morgan fingerprint density at radius 2 is 1.86 bits per heavy atom. The van der Waals surface area contributed by atoms with Crippen LogP contribution in [0.1, 0.15) is 53.0 Å². The molecule has 0 spiro atoms. The van der Waals surface area contributed by atoms with E-state index in [0.717, 1.165) is 12.6 Å². The van der Waals surface area contributed by atoms with Crippen LogP contribution in [0.5, 0.6) is 5.88 Å². The minimum atomic E-state index is -4.68. The van der Waals surface area contributed by atoms with E-state index < -0.39 is 34.9 Å². The van der Waals surface area contributed by atoms with Crippen molar-refractivity contribution in [1.82, 2.24) is 20.5 Å². The van der Waals surface area contributed by atoms with Gasteiger partial charge in [0.15, 0.2) is 0 Å². The Balaban J connectivity index is 1.50. The number of carbonyl (C=O) groups is 2. The molecule has 2 amide bonds. The van der Waals surface area contributed by atoms with Gasteiger partial charge in [-0.2, -0.15) is 13.2 Å². The Hall–Kier alpha value is -4.19. The molecule has 2 aliphatic rings. The number of nitrogens with one attached hydrogen (secondary N) is 2. The average molecular weight is 614 g/mol. The van der Waals surface area contributed by atoms with Crippen molar-refractivity contribution in [2.75, 3.05) is 44.2 Å². The van der Waals surface area contributed by atoms with Crippen LogP contribution in [0.2, 0.25) is 0 Å². The van der Waals surface area contributed by atoms with Crippen molar-refractivity contribution in [2.24, 2.45) is 0 Å². The van der Waals surface area contributed by atoms with Gasteiger partial charge in [-0.15, -0.1) is 0 Å². The standard InChI is InChI=1S/C32H35F4N5O3/c1-3-21-19-40(31(43)24-8-5-6-10-25(24)32(34,35)36)16-17-41(21)26-12-11-22(23-9-7-14-38-30(23)44-4-2)28(33)27(26)29(42)39-20-13-15-37-18-20/h5-12,14,20-21,37H,3-4,13,15-19H2,1-2H3,(H,39,42)/t20-,21-/m1/s1. The second-order valence-electron chi connectivity index (χ2n) is 10.8. The fourth-order valence-corrected chi connectivity index (χ4v) is 5.91. The molecule has 2 saturated heterocycles. The molecule has 44 heavy (non-hydrogen) atoms. The highest BCUT2D eigenvalue weighted by Crippen LogP contribution is 2.38. The maximum atomic E-state index is 16.6. The molecule has 12 heteroatoms. The largest absolute Gasteiger partial charge is 0.478 e. The highest BCUT2D eigenvalue weighted by Gasteiger charge is 2.38. The van der Waals surface area contributed by atoms with Crippen molar-refractivity contribution >= 4 is 17.5 Å². The van der Waals surface area contributed by atoms with Gasteiger partial charge in [-0.3, -0.25) is 9.59 Å². The second kappa shape index (κ2) is 13.2. The van der Waals surface area contributed by atoms with Crippen LogP contribution in [0.4, 0.5) is 23.2 Å². The third-order valence-electron chi connectivity index (χ3n) is 8.10. The summed E-state index contributed by atoms with van der Waals surface area (Å²) in [5.41, 5.74) is -0.621. The molecule has 0 aliphatic carbocycles. The minimum Gasteiger partial charge on any atom is -0.478 e. The van der Waals surface area contributed by atoms with E-state index in [0.29, 0.717) is 37.2 Å². The molecule has 3 heterocycles. The van der Waals surface area contributed by atoms with Gasteiger partial charge in [-0.25, -0.2) is 9.37 Å². The predicted molar refractivity (Wildman–Crippen MR) is 158 cm³/mol. The van der Waals surface area contributed by atoms with E-state index in [1.54, 1.807) is 37.4 Å². The Morgan fingerprint density at radius 1 is 1.07 bits per heavy atom. The molecule has 2 atom stereocenters. The molecule has 0 radical (unpaired) electrons. The Morgan fingerprint density at radius 3 is 2.57 bits per heavy atom. The Kier molecular flexibility index (Phi) is 9.38. The molecule has 2 aliphatic heterocycles. The number of aromatic nitrogens is 1. The second-order valence-corrected chi connectivity index (χ2v) is 10.8. The van der Waals surface area contributed by atoms with Crippen LogP contribution < -0.4 is 20.3 Å². The zero-order valence-corrected chi connectivity index (χ0v) is 24.6. The van der Waals surface area contributed by atoms with Crippen molar-refractivity contribution in [1.29, 1.82) is 0 Å². The van der Waals surface area contributed by atoms with Gasteiger partial charge in [0.1, 0.15) is 5.82 Å². The van der Waals surface area contributed by atoms with Crippen molar-refractivity contribution in [3.05, 3.63) is 77.2 Å². The minimum absolute atomic E-state index is 0.0928. The van der Waals surface area contributed by atoms with Crippen LogP contribution in [-0.4, -0.2) is 73.1 Å². The van der Waals surface area contributed by atoms with Crippen LogP contribution in [0.25, 0.3) is 11.1 Å². The number of rotatable bonds is 8. The highest BCUT2D eigenvalue weighted by atomic mass is 19.4. The van der Waals surface area contributed by atoms with Gasteiger partial charge >= 0.3 is 6.18 Å². The third kappa shape index (κ3) is 6.35. The van der Waals surface area contributed by atoms with Crippen LogP contribution in [0.3, 0.4) is 0 Å². The first kappa shape index (κ1) is 31.2. The van der Waals surface area contributed by atoms with Crippen LogP contribution in [0.15, 0.2) is 54.7 Å². The van der Waals surface area contributed by atoms with Gasteiger partial charge in [0.05, 0.1) is 29.0 Å². The number of alkyl halides is 3. The summed E-state index contributed by atoms with van der Waals surface area (Å²) in [7, 11) is 0. The topological polar surface area (TPSA) is 86.8 Å². The fourth-order valence-electron chi connectivity index (χ4n) is 5.91. The number of piperazine rings is 1. The van der Waals surface area contributed by atoms with Gasteiger partial charge in [-0.1, -0.05) is 19.1 Å². The first-order valence-corrected chi connectivity index (χ1v) is 14.8. The fraction of sp³-hybridized carbons (Fsp3) is 0.406. The summed E-state index contributed by atoms with van der Waals surface area (Å²) in [6.45, 7) is 5.69. The lowest BCUT2D eigenvalue weighted by atomic mass is 9.97. The average Bonchev–Trinajstić information content (AvgIpc) is 3.53. The molecule has 1 aromatic heterocycles. The number of carbonyl (C=O) groups excluding carboxylic acids is 2. The van der Waals surface area contributed by atoms with Gasteiger partial charge < -0.3 is 25.2 Å². The predicted octanol–water partition coefficient (Wildman–Crippen LogP) is 5.14. The monoisotopic (exact) mass is 613 g/mol. The highest BCUT2D eigenvalue weighted by molar-refractivity contribution is 6.02. The van der Waals surface area contributed by atoms with E-state index in [1.165, 1.54) is 23.1 Å². The quantitative estimate of drug-likeness (QED) is 0.343. The van der Waals surface area contributed by atoms with E-state index in [4.69, 9.17) is 4.74 Å². The Labute approximate surface area is 253 Å². The summed E-state index contributed by atoms with van der Waals surface area (Å²) >= 11 is 0. The molecular weight excluding hydrogens is 578 g/mol. The zero-order chi connectivity index (χ0) is 31.4. The lowest BCUT2D eigenvalue weighted by Gasteiger charge is -2.43. The molecule has 2 aromatic carbocycles. The van der Waals surface area contributed by atoms with Crippen LogP contribution >= 0.6 is 0 Å². The zero-order valence-electron chi connectivity index (χ0n) is 24.6. The van der Waals surface area contributed by atoms with Crippen LogP contribution in [0, 0.1) is 5.82 Å². The molecule has 3 aromatic rings. The number of ether oxygens (including phenoxy) is 1. The summed E-state index contributed by atoms with van der Waals surface area (Å²) in [4.78, 5) is 34.6. The van der Waals surface area contributed by atoms with Gasteiger partial charge in [0.25, 0.3) is 11.8 Å². The molecule has 0 bridgehead atoms. The van der Waals surface area contributed by atoms with Crippen molar-refractivity contribution < 1.29 is 31.9 Å². The van der Waals surface area contributed by atoms with Gasteiger partial charge in [0, 0.05) is 55.6 Å². The summed E-state index contributed by atoms with van der Waals surface area (Å²) in [5, 5.41) is 6.14. The van der Waals surface area contributed by atoms with E-state index in [1.807, 2.05) is 11.8 Å². The van der Waals surface area contributed by atoms with E-state index in [-0.39, 0.29) is 48.7 Å². The molecule has 234 valence electrons. The molecule has 8 nitrogen and oxygen atoms in total. The van der Waals surface area contributed by atoms with Crippen molar-refractivity contribution in [3.8, 4) is 17.0 Å². The van der Waals surface area contributed by atoms with E-state index in [9.17, 15) is 22.8 Å². The summed E-state index contributed by atoms with van der Waals surface area (Å²) in [5.74, 6) is -1.77. The lowest BCUT2D eigenvalue weighted by molar-refractivity contribution is -0.138. The maximum Gasteiger partial charge on any atom is 0.417 e. The van der Waals surface area contributed by atoms with E-state index >= 15 is 4.39 Å². The third-order valence-corrected chi connectivity index (χ3v) is 8.10. The number of benzene rings is 2. The van der Waals surface area contributed by atoms with Crippen molar-refractivity contribution in [2.45, 2.75) is 44.9 Å². The molecule has 2 fully saturated rings. The SMILES string of the molecule is CCOc1ncccc1-c1ccc(N2CCN(C(=O)c3ccccc3C(F)(F)F)C[C@H]2CC)c(C(=O)N[C@@H]2CCNC2)c1F. The number of pyridine rings is 1. The smallest absolute Gasteiger partial charge is 0.417 e. The number of hydrogen-bond donors (Lipinski definition) is 2. The summed E-state index contributed by atoms with van der Waals surface area (Å²) < 4.78 is 63.2. The molecule has 0 unspecified atom stereocenters. The lowest BCUT2D eigenvalue weighted by Crippen LogP contribution is -2.55. The maximum absolute atomic E-state index is 16.6. The molecule has 5 rings (SSSR count). The number of amides is 2. The first-order chi connectivity index (χ1) is 21.1. The van der Waals surface area contributed by atoms with E-state index in [2.05, 4.69) is 15.6 Å². The first-order valence-electron chi connectivity index (χ1n) is 14.8. The van der Waals surface area contributed by atoms with Gasteiger partial charge in [0.2, 0.25) is 5.88 Å². The molecule has 0 saturated carbocycles. The summed E-state index contributed by atoms with van der Waals surface area (Å²) in [6.07, 6.45) is -1.93. The Bertz CT molecular complexity index is 1510. The number of halogens is 4. The normalized spacial score (nSPS) is 18.8. The number of anilines is 1. The van der Waals surface area contributed by atoms with Crippen LogP contribution in [-0.2, 0) is 6.18 Å². The number of nitrogens with zero attached hydrogens (tertiary/aromatic N) is 3. The van der Waals surface area contributed by atoms with Crippen molar-refractivity contribution in [3.63, 3.8) is 0 Å². The number of hydrogen-bond acceptors (Lipinski definition) is 6. The van der Waals surface area contributed by atoms with Gasteiger partial charge in [-0.05, 0) is 62.7 Å². The summed E-state index contributed by atoms with van der Waals surface area (Å²) in [6, 6.07) is 10.8.